The quantitative estimate of drug-likeness (QED) is 0.328. The second kappa shape index (κ2) is 11.6. The van der Waals surface area contributed by atoms with Crippen molar-refractivity contribution in [2.24, 2.45) is 11.8 Å². The third-order valence-corrected chi connectivity index (χ3v) is 7.55. The van der Waals surface area contributed by atoms with Gasteiger partial charge in [0.2, 0.25) is 11.8 Å². The molecule has 9 heteroatoms. The van der Waals surface area contributed by atoms with Gasteiger partial charge in [-0.1, -0.05) is 36.4 Å². The van der Waals surface area contributed by atoms with Crippen molar-refractivity contribution in [2.45, 2.75) is 25.2 Å². The fraction of sp³-hybridized carbons (Fsp3) is 0.290. The van der Waals surface area contributed by atoms with E-state index >= 15 is 0 Å². The second-order valence-electron chi connectivity index (χ2n) is 9.89. The minimum atomic E-state index is -0.754. The molecule has 40 heavy (non-hydrogen) atoms. The summed E-state index contributed by atoms with van der Waals surface area (Å²) in [6.07, 6.45) is 2.10. The summed E-state index contributed by atoms with van der Waals surface area (Å²) in [4.78, 5) is 53.1. The van der Waals surface area contributed by atoms with E-state index in [1.165, 1.54) is 36.8 Å². The van der Waals surface area contributed by atoms with Crippen molar-refractivity contribution >= 4 is 35.1 Å². The summed E-state index contributed by atoms with van der Waals surface area (Å²) in [6, 6.07) is 21.2. The lowest BCUT2D eigenvalue weighted by Crippen LogP contribution is -2.31. The van der Waals surface area contributed by atoms with Crippen molar-refractivity contribution in [2.75, 3.05) is 31.0 Å². The first-order valence-electron chi connectivity index (χ1n) is 13.1. The maximum atomic E-state index is 13.4. The Kier molecular flexibility index (Phi) is 7.82. The van der Waals surface area contributed by atoms with Gasteiger partial charge in [-0.2, -0.15) is 0 Å². The highest BCUT2D eigenvalue weighted by Gasteiger charge is 2.50. The van der Waals surface area contributed by atoms with Gasteiger partial charge in [0.05, 0.1) is 43.0 Å². The Labute approximate surface area is 232 Å². The van der Waals surface area contributed by atoms with E-state index in [1.807, 2.05) is 18.2 Å². The minimum Gasteiger partial charge on any atom is -0.497 e. The van der Waals surface area contributed by atoms with Crippen LogP contribution < -0.4 is 19.7 Å². The third-order valence-electron chi connectivity index (χ3n) is 7.55. The summed E-state index contributed by atoms with van der Waals surface area (Å²) in [6.45, 7) is -0.546. The molecule has 0 aromatic heterocycles. The predicted molar refractivity (Wildman–Crippen MR) is 147 cm³/mol. The Bertz CT molecular complexity index is 1440. The zero-order valence-corrected chi connectivity index (χ0v) is 22.3. The van der Waals surface area contributed by atoms with Crippen LogP contribution in [-0.2, 0) is 19.1 Å². The molecule has 9 nitrogen and oxygen atoms in total. The molecule has 3 atom stereocenters. The number of carbonyl (C=O) groups is 4. The Morgan fingerprint density at radius 1 is 0.875 bits per heavy atom. The molecule has 0 radical (unpaired) electrons. The summed E-state index contributed by atoms with van der Waals surface area (Å²) in [5.74, 6) is -1.39. The van der Waals surface area contributed by atoms with E-state index in [-0.39, 0.29) is 35.1 Å². The van der Waals surface area contributed by atoms with Crippen molar-refractivity contribution in [3.05, 3.63) is 83.9 Å². The van der Waals surface area contributed by atoms with Gasteiger partial charge in [-0.3, -0.25) is 19.3 Å². The summed E-state index contributed by atoms with van der Waals surface area (Å²) in [5, 5.41) is 2.64. The molecule has 1 aliphatic heterocycles. The Balaban J connectivity index is 1.24. The first-order chi connectivity index (χ1) is 19.4. The molecule has 1 N–H and O–H groups in total. The Morgan fingerprint density at radius 3 is 2.40 bits per heavy atom. The number of imide groups is 1. The van der Waals surface area contributed by atoms with Gasteiger partial charge in [0.1, 0.15) is 11.5 Å². The largest absolute Gasteiger partial charge is 0.497 e. The molecule has 1 saturated carbocycles. The number of nitrogens with one attached hydrogen (secondary N) is 1. The van der Waals surface area contributed by atoms with E-state index in [0.29, 0.717) is 35.7 Å². The molecule has 1 aliphatic carbocycles. The molecule has 0 spiro atoms. The highest BCUT2D eigenvalue weighted by molar-refractivity contribution is 6.22. The zero-order valence-electron chi connectivity index (χ0n) is 22.3. The van der Waals surface area contributed by atoms with Crippen LogP contribution in [-0.4, -0.2) is 44.5 Å². The zero-order chi connectivity index (χ0) is 28.2. The maximum absolute atomic E-state index is 13.4. The number of anilines is 2. The normalized spacial score (nSPS) is 20.1. The molecule has 0 unspecified atom stereocenters. The predicted octanol–water partition coefficient (Wildman–Crippen LogP) is 4.57. The summed E-state index contributed by atoms with van der Waals surface area (Å²) < 4.78 is 15.6. The number of hydrogen-bond donors (Lipinski definition) is 1. The molecule has 2 aliphatic rings. The molecular weight excluding hydrogens is 512 g/mol. The van der Waals surface area contributed by atoms with Gasteiger partial charge >= 0.3 is 5.97 Å². The number of hydrogen-bond acceptors (Lipinski definition) is 7. The summed E-state index contributed by atoms with van der Waals surface area (Å²) >= 11 is 0. The first-order valence-corrected chi connectivity index (χ1v) is 13.1. The van der Waals surface area contributed by atoms with E-state index in [4.69, 9.17) is 14.2 Å². The number of benzene rings is 3. The van der Waals surface area contributed by atoms with Crippen molar-refractivity contribution < 1.29 is 33.4 Å². The standard InChI is InChI=1S/C31H30N2O7/c1-38-23-12-14-27(39-2)26(17-23)32-28(34)18-40-31(37)21-9-6-10-22(15-21)33-29(35)24-13-11-20(16-25(24)30(33)36)19-7-4-3-5-8-19/h3-10,12,14-15,17,20,24-25H,11,13,16,18H2,1-2H3,(H,32,34)/t20-,24+,25-/m0/s1. The number of fused-ring (bicyclic) bond motifs is 1. The molecule has 206 valence electrons. The lowest BCUT2D eigenvalue weighted by Gasteiger charge is -2.28. The topological polar surface area (TPSA) is 111 Å². The van der Waals surface area contributed by atoms with Crippen LogP contribution in [0.3, 0.4) is 0 Å². The van der Waals surface area contributed by atoms with Crippen LogP contribution >= 0.6 is 0 Å². The van der Waals surface area contributed by atoms with Crippen LogP contribution in [0.25, 0.3) is 0 Å². The van der Waals surface area contributed by atoms with Gasteiger partial charge in [-0.25, -0.2) is 4.79 Å². The monoisotopic (exact) mass is 542 g/mol. The fourth-order valence-corrected chi connectivity index (χ4v) is 5.55. The summed E-state index contributed by atoms with van der Waals surface area (Å²) in [5.41, 5.74) is 1.99. The van der Waals surface area contributed by atoms with Crippen molar-refractivity contribution in [1.82, 2.24) is 0 Å². The first kappa shape index (κ1) is 26.9. The van der Waals surface area contributed by atoms with Gasteiger partial charge in [-0.05, 0) is 61.1 Å². The Morgan fingerprint density at radius 2 is 1.65 bits per heavy atom. The van der Waals surface area contributed by atoms with Gasteiger partial charge in [0.15, 0.2) is 6.61 Å². The van der Waals surface area contributed by atoms with E-state index in [2.05, 4.69) is 17.4 Å². The number of methoxy groups -OCH3 is 2. The van der Waals surface area contributed by atoms with Crippen LogP contribution in [0.2, 0.25) is 0 Å². The van der Waals surface area contributed by atoms with Crippen molar-refractivity contribution in [1.29, 1.82) is 0 Å². The van der Waals surface area contributed by atoms with Gasteiger partial charge in [0.25, 0.3) is 5.91 Å². The van der Waals surface area contributed by atoms with Crippen LogP contribution in [0.1, 0.15) is 41.1 Å². The molecule has 3 amide bonds. The van der Waals surface area contributed by atoms with Gasteiger partial charge in [-0.15, -0.1) is 0 Å². The lowest BCUT2D eigenvalue weighted by atomic mass is 9.73. The van der Waals surface area contributed by atoms with Gasteiger partial charge in [0, 0.05) is 6.07 Å². The van der Waals surface area contributed by atoms with Gasteiger partial charge < -0.3 is 19.5 Å². The van der Waals surface area contributed by atoms with E-state index in [0.717, 1.165) is 6.42 Å². The van der Waals surface area contributed by atoms with Crippen LogP contribution in [0.4, 0.5) is 11.4 Å². The van der Waals surface area contributed by atoms with Crippen LogP contribution in [0.15, 0.2) is 72.8 Å². The molecule has 0 bridgehead atoms. The SMILES string of the molecule is COc1ccc(OC)c(NC(=O)COC(=O)c2cccc(N3C(=O)[C@H]4C[C@@H](c5ccccc5)CC[C@H]4C3=O)c2)c1. The molecule has 2 fully saturated rings. The molecular formula is C31H30N2O7. The Hall–Kier alpha value is -4.66. The van der Waals surface area contributed by atoms with Crippen molar-refractivity contribution in [3.8, 4) is 11.5 Å². The van der Waals surface area contributed by atoms with E-state index in [1.54, 1.807) is 30.3 Å². The highest BCUT2D eigenvalue weighted by Crippen LogP contribution is 2.45. The molecule has 1 saturated heterocycles. The average molecular weight is 543 g/mol. The number of carbonyl (C=O) groups excluding carboxylic acids is 4. The number of ether oxygens (including phenoxy) is 3. The third kappa shape index (κ3) is 5.40. The maximum Gasteiger partial charge on any atom is 0.338 e. The smallest absolute Gasteiger partial charge is 0.338 e. The fourth-order valence-electron chi connectivity index (χ4n) is 5.55. The van der Waals surface area contributed by atoms with Crippen LogP contribution in [0.5, 0.6) is 11.5 Å². The molecule has 3 aromatic carbocycles. The average Bonchev–Trinajstić information content (AvgIpc) is 3.24. The lowest BCUT2D eigenvalue weighted by molar-refractivity contribution is -0.122. The summed E-state index contributed by atoms with van der Waals surface area (Å²) in [7, 11) is 2.97. The molecule has 1 heterocycles. The molecule has 3 aromatic rings. The number of amides is 3. The number of rotatable bonds is 8. The van der Waals surface area contributed by atoms with E-state index in [9.17, 15) is 19.2 Å². The highest BCUT2D eigenvalue weighted by atomic mass is 16.5. The number of esters is 1. The van der Waals surface area contributed by atoms with Crippen molar-refractivity contribution in [3.63, 3.8) is 0 Å². The minimum absolute atomic E-state index is 0.127. The second-order valence-corrected chi connectivity index (χ2v) is 9.89. The number of nitrogens with zero attached hydrogens (tertiary/aromatic N) is 1. The van der Waals surface area contributed by atoms with E-state index < -0.39 is 18.5 Å². The van der Waals surface area contributed by atoms with Crippen LogP contribution in [0, 0.1) is 11.8 Å². The molecule has 5 rings (SSSR count).